The average Bonchev–Trinajstić information content (AvgIpc) is 2.55. The predicted octanol–water partition coefficient (Wildman–Crippen LogP) is 2.82. The monoisotopic (exact) mass is 281 g/mol. The minimum absolute atomic E-state index is 0.190. The lowest BCUT2D eigenvalue weighted by Crippen LogP contribution is -2.36. The molecule has 2 aromatic rings. The van der Waals surface area contributed by atoms with E-state index >= 15 is 0 Å². The molecule has 0 aliphatic carbocycles. The molecule has 1 amide bonds. The lowest BCUT2D eigenvalue weighted by molar-refractivity contribution is -0.131. The van der Waals surface area contributed by atoms with Crippen LogP contribution in [0.5, 0.6) is 5.75 Å². The highest BCUT2D eigenvalue weighted by Gasteiger charge is 2.20. The summed E-state index contributed by atoms with van der Waals surface area (Å²) in [5, 5.41) is 0. The summed E-state index contributed by atoms with van der Waals surface area (Å²) in [5.41, 5.74) is 3.66. The van der Waals surface area contributed by atoms with E-state index < -0.39 is 0 Å². The van der Waals surface area contributed by atoms with E-state index in [0.29, 0.717) is 6.42 Å². The van der Waals surface area contributed by atoms with E-state index in [2.05, 4.69) is 18.2 Å². The Morgan fingerprint density at radius 3 is 2.52 bits per heavy atom. The fraction of sp³-hybridized carbons (Fsp3) is 0.278. The molecule has 0 spiro atoms. The van der Waals surface area contributed by atoms with Crippen molar-refractivity contribution in [1.29, 1.82) is 0 Å². The summed E-state index contributed by atoms with van der Waals surface area (Å²) in [4.78, 5) is 14.4. The van der Waals surface area contributed by atoms with Crippen molar-refractivity contribution in [3.63, 3.8) is 0 Å². The summed E-state index contributed by atoms with van der Waals surface area (Å²) >= 11 is 0. The van der Waals surface area contributed by atoms with Gasteiger partial charge >= 0.3 is 0 Å². The first-order valence-corrected chi connectivity index (χ1v) is 7.24. The smallest absolute Gasteiger partial charge is 0.227 e. The van der Waals surface area contributed by atoms with Crippen molar-refractivity contribution in [2.24, 2.45) is 0 Å². The summed E-state index contributed by atoms with van der Waals surface area (Å²) in [6.07, 6.45) is 1.40. The molecule has 108 valence electrons. The Hall–Kier alpha value is -2.29. The molecule has 1 heterocycles. The van der Waals surface area contributed by atoms with E-state index in [-0.39, 0.29) is 5.91 Å². The largest absolute Gasteiger partial charge is 0.497 e. The van der Waals surface area contributed by atoms with Crippen molar-refractivity contribution in [3.8, 4) is 5.75 Å². The fourth-order valence-electron chi connectivity index (χ4n) is 2.74. The van der Waals surface area contributed by atoms with Gasteiger partial charge in [0.15, 0.2) is 0 Å². The van der Waals surface area contributed by atoms with Crippen LogP contribution >= 0.6 is 0 Å². The second-order valence-corrected chi connectivity index (χ2v) is 5.36. The van der Waals surface area contributed by atoms with Gasteiger partial charge in [0.2, 0.25) is 5.91 Å². The van der Waals surface area contributed by atoms with Gasteiger partial charge in [0.25, 0.3) is 0 Å². The predicted molar refractivity (Wildman–Crippen MR) is 82.3 cm³/mol. The number of rotatable bonds is 3. The molecule has 3 nitrogen and oxygen atoms in total. The standard InChI is InChI=1S/C18H19NO2/c1-21-17-8-6-14(7-9-17)12-18(20)19-11-10-15-4-2-3-5-16(15)13-19/h2-9H,10-13H2,1H3. The molecule has 0 bridgehead atoms. The van der Waals surface area contributed by atoms with Gasteiger partial charge in [-0.3, -0.25) is 4.79 Å². The molecule has 3 heteroatoms. The van der Waals surface area contributed by atoms with Gasteiger partial charge in [0.1, 0.15) is 5.75 Å². The van der Waals surface area contributed by atoms with Gasteiger partial charge in [0.05, 0.1) is 13.5 Å². The van der Waals surface area contributed by atoms with Crippen LogP contribution in [0.25, 0.3) is 0 Å². The Kier molecular flexibility index (Phi) is 3.91. The maximum atomic E-state index is 12.4. The van der Waals surface area contributed by atoms with E-state index in [0.717, 1.165) is 30.8 Å². The Morgan fingerprint density at radius 2 is 1.81 bits per heavy atom. The molecule has 1 aliphatic rings. The second-order valence-electron chi connectivity index (χ2n) is 5.36. The number of amides is 1. The van der Waals surface area contributed by atoms with Crippen molar-refractivity contribution in [2.45, 2.75) is 19.4 Å². The molecule has 0 fully saturated rings. The third-order valence-corrected chi connectivity index (χ3v) is 4.00. The quantitative estimate of drug-likeness (QED) is 0.866. The van der Waals surface area contributed by atoms with Gasteiger partial charge < -0.3 is 9.64 Å². The van der Waals surface area contributed by atoms with Gasteiger partial charge in [0, 0.05) is 13.1 Å². The first-order chi connectivity index (χ1) is 10.3. The average molecular weight is 281 g/mol. The molecular formula is C18H19NO2. The number of ether oxygens (including phenoxy) is 1. The first-order valence-electron chi connectivity index (χ1n) is 7.24. The Morgan fingerprint density at radius 1 is 1.10 bits per heavy atom. The lowest BCUT2D eigenvalue weighted by atomic mass is 9.99. The number of nitrogens with zero attached hydrogens (tertiary/aromatic N) is 1. The molecule has 2 aromatic carbocycles. The highest BCUT2D eigenvalue weighted by Crippen LogP contribution is 2.19. The van der Waals surface area contributed by atoms with E-state index in [1.54, 1.807) is 7.11 Å². The summed E-state index contributed by atoms with van der Waals surface area (Å²) < 4.78 is 5.13. The maximum Gasteiger partial charge on any atom is 0.227 e. The van der Waals surface area contributed by atoms with Crippen LogP contribution in [0.1, 0.15) is 16.7 Å². The Labute approximate surface area is 125 Å². The van der Waals surface area contributed by atoms with Crippen molar-refractivity contribution in [3.05, 3.63) is 65.2 Å². The van der Waals surface area contributed by atoms with Gasteiger partial charge in [-0.15, -0.1) is 0 Å². The van der Waals surface area contributed by atoms with E-state index in [1.807, 2.05) is 35.2 Å². The Bertz CT molecular complexity index is 634. The van der Waals surface area contributed by atoms with Crippen LogP contribution in [-0.4, -0.2) is 24.5 Å². The molecule has 0 N–H and O–H groups in total. The lowest BCUT2D eigenvalue weighted by Gasteiger charge is -2.29. The second kappa shape index (κ2) is 6.00. The molecule has 21 heavy (non-hydrogen) atoms. The van der Waals surface area contributed by atoms with Crippen molar-refractivity contribution >= 4 is 5.91 Å². The van der Waals surface area contributed by atoms with Crippen LogP contribution in [0, 0.1) is 0 Å². The zero-order valence-corrected chi connectivity index (χ0v) is 12.2. The summed E-state index contributed by atoms with van der Waals surface area (Å²) in [6, 6.07) is 16.1. The normalized spacial score (nSPS) is 13.7. The van der Waals surface area contributed by atoms with E-state index in [9.17, 15) is 4.79 Å². The van der Waals surface area contributed by atoms with E-state index in [1.165, 1.54) is 11.1 Å². The van der Waals surface area contributed by atoms with Crippen LogP contribution in [0.15, 0.2) is 48.5 Å². The zero-order chi connectivity index (χ0) is 14.7. The number of hydrogen-bond acceptors (Lipinski definition) is 2. The zero-order valence-electron chi connectivity index (χ0n) is 12.2. The third kappa shape index (κ3) is 3.07. The van der Waals surface area contributed by atoms with Crippen molar-refractivity contribution in [2.75, 3.05) is 13.7 Å². The molecule has 1 aliphatic heterocycles. The SMILES string of the molecule is COc1ccc(CC(=O)N2CCc3ccccc3C2)cc1. The van der Waals surface area contributed by atoms with Gasteiger partial charge in [-0.2, -0.15) is 0 Å². The minimum Gasteiger partial charge on any atom is -0.497 e. The number of benzene rings is 2. The summed E-state index contributed by atoms with van der Waals surface area (Å²) in [5.74, 6) is 1.01. The fourth-order valence-corrected chi connectivity index (χ4v) is 2.74. The third-order valence-electron chi connectivity index (χ3n) is 4.00. The molecule has 0 atom stereocenters. The van der Waals surface area contributed by atoms with Gasteiger partial charge in [-0.05, 0) is 35.2 Å². The topological polar surface area (TPSA) is 29.5 Å². The summed E-state index contributed by atoms with van der Waals surface area (Å²) in [6.45, 7) is 1.54. The molecule has 0 aromatic heterocycles. The number of fused-ring (bicyclic) bond motifs is 1. The minimum atomic E-state index is 0.190. The number of hydrogen-bond donors (Lipinski definition) is 0. The number of carbonyl (C=O) groups excluding carboxylic acids is 1. The first kappa shape index (κ1) is 13.7. The molecule has 0 radical (unpaired) electrons. The summed E-state index contributed by atoms with van der Waals surface area (Å²) in [7, 11) is 1.64. The molecule has 3 rings (SSSR count). The van der Waals surface area contributed by atoms with Crippen molar-refractivity contribution in [1.82, 2.24) is 4.90 Å². The van der Waals surface area contributed by atoms with E-state index in [4.69, 9.17) is 4.74 Å². The van der Waals surface area contributed by atoms with Crippen LogP contribution in [0.2, 0.25) is 0 Å². The molecular weight excluding hydrogens is 262 g/mol. The van der Waals surface area contributed by atoms with Gasteiger partial charge in [-0.25, -0.2) is 0 Å². The molecule has 0 saturated heterocycles. The number of carbonyl (C=O) groups is 1. The van der Waals surface area contributed by atoms with Crippen LogP contribution in [0.4, 0.5) is 0 Å². The van der Waals surface area contributed by atoms with Crippen LogP contribution in [-0.2, 0) is 24.2 Å². The molecule has 0 saturated carbocycles. The van der Waals surface area contributed by atoms with Crippen LogP contribution < -0.4 is 4.74 Å². The molecule has 0 unspecified atom stereocenters. The maximum absolute atomic E-state index is 12.4. The highest BCUT2D eigenvalue weighted by molar-refractivity contribution is 5.79. The van der Waals surface area contributed by atoms with Gasteiger partial charge in [-0.1, -0.05) is 36.4 Å². The highest BCUT2D eigenvalue weighted by atomic mass is 16.5. The van der Waals surface area contributed by atoms with Crippen molar-refractivity contribution < 1.29 is 9.53 Å². The van der Waals surface area contributed by atoms with Crippen LogP contribution in [0.3, 0.4) is 0 Å². The number of methoxy groups -OCH3 is 1. The Balaban J connectivity index is 1.66.